The first-order valence-electron chi connectivity index (χ1n) is 10.6. The number of methoxy groups -OCH3 is 1. The molecule has 9 heteroatoms. The van der Waals surface area contributed by atoms with Crippen LogP contribution in [-0.4, -0.2) is 46.8 Å². The van der Waals surface area contributed by atoms with E-state index in [2.05, 4.69) is 5.32 Å². The van der Waals surface area contributed by atoms with E-state index in [1.807, 2.05) is 54.1 Å². The van der Waals surface area contributed by atoms with Gasteiger partial charge < -0.3 is 19.4 Å². The Balaban J connectivity index is 1.44. The molecule has 174 valence electrons. The molecule has 1 saturated heterocycles. The second-order valence-corrected chi connectivity index (χ2v) is 8.27. The van der Waals surface area contributed by atoms with Gasteiger partial charge >= 0.3 is 0 Å². The minimum atomic E-state index is -0.501. The Morgan fingerprint density at radius 3 is 2.41 bits per heavy atom. The summed E-state index contributed by atoms with van der Waals surface area (Å²) < 4.78 is 12.5. The van der Waals surface area contributed by atoms with Gasteiger partial charge in [-0.15, -0.1) is 0 Å². The van der Waals surface area contributed by atoms with Crippen molar-refractivity contribution in [1.29, 1.82) is 0 Å². The van der Waals surface area contributed by atoms with Crippen molar-refractivity contribution in [2.45, 2.75) is 6.92 Å². The summed E-state index contributed by atoms with van der Waals surface area (Å²) in [5.41, 5.74) is 2.16. The molecule has 0 saturated carbocycles. The summed E-state index contributed by atoms with van der Waals surface area (Å²) >= 11 is 0.814. The van der Waals surface area contributed by atoms with Crippen molar-refractivity contribution in [3.05, 3.63) is 77.5 Å². The number of aromatic nitrogens is 1. The highest BCUT2D eigenvalue weighted by Crippen LogP contribution is 2.32. The van der Waals surface area contributed by atoms with Crippen LogP contribution in [0.25, 0.3) is 11.8 Å². The number of rotatable bonds is 8. The van der Waals surface area contributed by atoms with Gasteiger partial charge in [0.1, 0.15) is 18.0 Å². The van der Waals surface area contributed by atoms with Gasteiger partial charge in [-0.25, -0.2) is 0 Å². The van der Waals surface area contributed by atoms with Crippen LogP contribution >= 0.6 is 11.8 Å². The Bertz CT molecular complexity index is 1230. The van der Waals surface area contributed by atoms with Crippen LogP contribution in [0.2, 0.25) is 0 Å². The van der Waals surface area contributed by atoms with E-state index in [0.29, 0.717) is 18.0 Å². The zero-order valence-corrected chi connectivity index (χ0v) is 19.5. The zero-order chi connectivity index (χ0) is 24.1. The number of anilines is 1. The van der Waals surface area contributed by atoms with Crippen LogP contribution < -0.4 is 14.8 Å². The molecule has 0 unspecified atom stereocenters. The normalized spacial score (nSPS) is 14.5. The number of nitrogens with zero attached hydrogens (tertiary/aromatic N) is 2. The van der Waals surface area contributed by atoms with Crippen molar-refractivity contribution in [2.24, 2.45) is 0 Å². The number of carbonyl (C=O) groups is 3. The van der Waals surface area contributed by atoms with Gasteiger partial charge in [-0.1, -0.05) is 0 Å². The number of imide groups is 1. The highest BCUT2D eigenvalue weighted by Gasteiger charge is 2.36. The summed E-state index contributed by atoms with van der Waals surface area (Å²) in [6, 6.07) is 18.0. The van der Waals surface area contributed by atoms with Crippen LogP contribution in [-0.2, 0) is 9.59 Å². The van der Waals surface area contributed by atoms with Gasteiger partial charge in [0.2, 0.25) is 5.91 Å². The number of hydrogen-bond donors (Lipinski definition) is 1. The number of amides is 3. The largest absolute Gasteiger partial charge is 0.497 e. The van der Waals surface area contributed by atoms with Gasteiger partial charge in [-0.2, -0.15) is 0 Å². The van der Waals surface area contributed by atoms with Gasteiger partial charge in [0.05, 0.1) is 18.6 Å². The van der Waals surface area contributed by atoms with E-state index in [1.54, 1.807) is 37.5 Å². The molecule has 0 atom stereocenters. The summed E-state index contributed by atoms with van der Waals surface area (Å²) in [7, 11) is 1.60. The number of thioether (sulfide) groups is 1. The minimum Gasteiger partial charge on any atom is -0.497 e. The maximum absolute atomic E-state index is 12.9. The van der Waals surface area contributed by atoms with Gasteiger partial charge in [-0.3, -0.25) is 19.3 Å². The summed E-state index contributed by atoms with van der Waals surface area (Å²) in [5, 5.41) is 2.21. The van der Waals surface area contributed by atoms with Crippen LogP contribution in [0.1, 0.15) is 12.6 Å². The van der Waals surface area contributed by atoms with E-state index in [-0.39, 0.29) is 11.4 Å². The van der Waals surface area contributed by atoms with Crippen molar-refractivity contribution >= 4 is 40.6 Å². The Morgan fingerprint density at radius 1 is 1.03 bits per heavy atom. The molecule has 3 aromatic rings. The molecule has 1 fully saturated rings. The molecule has 8 nitrogen and oxygen atoms in total. The van der Waals surface area contributed by atoms with Crippen LogP contribution in [0, 0.1) is 0 Å². The molecule has 1 aliphatic heterocycles. The molecule has 0 bridgehead atoms. The lowest BCUT2D eigenvalue weighted by molar-refractivity contribution is -0.127. The van der Waals surface area contributed by atoms with Crippen molar-refractivity contribution in [3.63, 3.8) is 0 Å². The summed E-state index contributed by atoms with van der Waals surface area (Å²) in [4.78, 5) is 39.0. The summed E-state index contributed by atoms with van der Waals surface area (Å²) in [6.07, 6.45) is 3.52. The molecular formula is C25H23N3O5S. The van der Waals surface area contributed by atoms with E-state index >= 15 is 0 Å². The fourth-order valence-electron chi connectivity index (χ4n) is 3.41. The Hall–Kier alpha value is -3.98. The highest BCUT2D eigenvalue weighted by molar-refractivity contribution is 8.18. The fraction of sp³-hybridized carbons (Fsp3) is 0.160. The molecule has 0 spiro atoms. The van der Waals surface area contributed by atoms with E-state index < -0.39 is 17.1 Å². The molecule has 1 N–H and O–H groups in total. The molecule has 4 rings (SSSR count). The van der Waals surface area contributed by atoms with Crippen LogP contribution in [0.5, 0.6) is 11.5 Å². The first kappa shape index (κ1) is 23.2. The number of ether oxygens (including phenoxy) is 2. The Kier molecular flexibility index (Phi) is 7.03. The first-order chi connectivity index (χ1) is 16.5. The van der Waals surface area contributed by atoms with E-state index in [4.69, 9.17) is 9.47 Å². The van der Waals surface area contributed by atoms with Gasteiger partial charge in [-0.05, 0) is 85.4 Å². The SMILES string of the molecule is CCOc1ccc(NC(=O)CN2C(=O)S/C(=C\c3cccn3-c3ccc(OC)cc3)C2=O)cc1. The predicted octanol–water partition coefficient (Wildman–Crippen LogP) is 4.56. The monoisotopic (exact) mass is 477 g/mol. The van der Waals surface area contributed by atoms with Crippen LogP contribution in [0.15, 0.2) is 71.8 Å². The van der Waals surface area contributed by atoms with Crippen molar-refractivity contribution in [1.82, 2.24) is 9.47 Å². The van der Waals surface area contributed by atoms with Gasteiger partial charge in [0, 0.05) is 23.3 Å². The number of carbonyl (C=O) groups excluding carboxylic acids is 3. The molecule has 3 amide bonds. The second-order valence-electron chi connectivity index (χ2n) is 7.27. The van der Waals surface area contributed by atoms with Crippen LogP contribution in [0.3, 0.4) is 0 Å². The maximum atomic E-state index is 12.9. The van der Waals surface area contributed by atoms with E-state index in [0.717, 1.165) is 33.8 Å². The lowest BCUT2D eigenvalue weighted by atomic mass is 10.2. The van der Waals surface area contributed by atoms with E-state index in [9.17, 15) is 14.4 Å². The summed E-state index contributed by atoms with van der Waals surface area (Å²) in [5.74, 6) is 0.465. The first-order valence-corrected chi connectivity index (χ1v) is 11.4. The molecular weight excluding hydrogens is 454 g/mol. The lowest BCUT2D eigenvalue weighted by Crippen LogP contribution is -2.36. The van der Waals surface area contributed by atoms with Crippen molar-refractivity contribution in [3.8, 4) is 17.2 Å². The Morgan fingerprint density at radius 2 is 1.74 bits per heavy atom. The smallest absolute Gasteiger partial charge is 0.294 e. The third kappa shape index (κ3) is 5.15. The molecule has 1 aromatic heterocycles. The molecule has 1 aliphatic rings. The maximum Gasteiger partial charge on any atom is 0.294 e. The number of benzene rings is 2. The van der Waals surface area contributed by atoms with Gasteiger partial charge in [0.15, 0.2) is 0 Å². The number of nitrogens with one attached hydrogen (secondary N) is 1. The van der Waals surface area contributed by atoms with Crippen LogP contribution in [0.4, 0.5) is 10.5 Å². The Labute approximate surface area is 201 Å². The predicted molar refractivity (Wildman–Crippen MR) is 131 cm³/mol. The third-order valence-electron chi connectivity index (χ3n) is 5.03. The van der Waals surface area contributed by atoms with E-state index in [1.165, 1.54) is 0 Å². The topological polar surface area (TPSA) is 89.9 Å². The molecule has 0 aliphatic carbocycles. The van der Waals surface area contributed by atoms with Gasteiger partial charge in [0.25, 0.3) is 11.1 Å². The molecule has 2 heterocycles. The lowest BCUT2D eigenvalue weighted by Gasteiger charge is -2.13. The molecule has 34 heavy (non-hydrogen) atoms. The highest BCUT2D eigenvalue weighted by atomic mass is 32.2. The quantitative estimate of drug-likeness (QED) is 0.479. The average Bonchev–Trinajstić information content (AvgIpc) is 3.40. The minimum absolute atomic E-state index is 0.257. The fourth-order valence-corrected chi connectivity index (χ4v) is 4.23. The summed E-state index contributed by atoms with van der Waals surface area (Å²) in [6.45, 7) is 2.06. The van der Waals surface area contributed by atoms with Crippen molar-refractivity contribution in [2.75, 3.05) is 25.6 Å². The second kappa shape index (κ2) is 10.3. The molecule has 2 aromatic carbocycles. The molecule has 0 radical (unpaired) electrons. The third-order valence-corrected chi connectivity index (χ3v) is 5.94. The van der Waals surface area contributed by atoms with Crippen molar-refractivity contribution < 1.29 is 23.9 Å². The average molecular weight is 478 g/mol. The number of hydrogen-bond acceptors (Lipinski definition) is 6. The standard InChI is InChI=1S/C25H23N3O5S/c1-3-33-21-10-6-17(7-11-21)26-23(29)16-28-24(30)22(34-25(28)31)15-19-5-4-14-27(19)18-8-12-20(32-2)13-9-18/h4-15H,3,16H2,1-2H3,(H,26,29)/b22-15-. The zero-order valence-electron chi connectivity index (χ0n) is 18.7.